The summed E-state index contributed by atoms with van der Waals surface area (Å²) in [6.45, 7) is 0.331. The molecule has 2 aliphatic rings. The lowest BCUT2D eigenvalue weighted by Gasteiger charge is -2.32. The molecule has 0 radical (unpaired) electrons. The molecule has 18 heavy (non-hydrogen) atoms. The lowest BCUT2D eigenvalue weighted by molar-refractivity contribution is -0.183. The summed E-state index contributed by atoms with van der Waals surface area (Å²) in [5.74, 6) is -4.02. The van der Waals surface area contributed by atoms with Gasteiger partial charge in [0.1, 0.15) is 0 Å². The van der Waals surface area contributed by atoms with Gasteiger partial charge < -0.3 is 5.32 Å². The minimum Gasteiger partial charge on any atom is -0.314 e. The topological polar surface area (TPSA) is 12.0 Å². The van der Waals surface area contributed by atoms with E-state index in [0.29, 0.717) is 19.4 Å². The summed E-state index contributed by atoms with van der Waals surface area (Å²) in [4.78, 5) is 0. The standard InChI is InChI=1S/C12H18F5N/c13-11(14)3-1-8(7-11)5-10-6-9(2-4-18-10)12(15,16)17/h8-10,18H,1-7H2. The number of rotatable bonds is 2. The molecule has 3 atom stereocenters. The van der Waals surface area contributed by atoms with Crippen LogP contribution in [0.3, 0.4) is 0 Å². The minimum atomic E-state index is -4.15. The summed E-state index contributed by atoms with van der Waals surface area (Å²) in [5.41, 5.74) is 0. The molecule has 1 aliphatic heterocycles. The number of hydrogen-bond acceptors (Lipinski definition) is 1. The molecule has 0 aromatic carbocycles. The molecule has 6 heteroatoms. The van der Waals surface area contributed by atoms with Crippen LogP contribution in [0.1, 0.15) is 38.5 Å². The van der Waals surface area contributed by atoms with E-state index in [1.165, 1.54) is 0 Å². The molecule has 1 nitrogen and oxygen atoms in total. The fourth-order valence-corrected chi connectivity index (χ4v) is 3.13. The molecule has 3 unspecified atom stereocenters. The van der Waals surface area contributed by atoms with Crippen LogP contribution in [-0.4, -0.2) is 24.7 Å². The third kappa shape index (κ3) is 3.56. The largest absolute Gasteiger partial charge is 0.391 e. The Bertz CT molecular complexity index is 289. The molecule has 106 valence electrons. The highest BCUT2D eigenvalue weighted by Gasteiger charge is 2.44. The van der Waals surface area contributed by atoms with E-state index in [0.717, 1.165) is 0 Å². The van der Waals surface area contributed by atoms with Crippen LogP contribution in [0.25, 0.3) is 0 Å². The van der Waals surface area contributed by atoms with Gasteiger partial charge in [-0.05, 0) is 38.1 Å². The minimum absolute atomic E-state index is 0.0333. The number of nitrogens with one attached hydrogen (secondary N) is 1. The molecule has 0 amide bonds. The van der Waals surface area contributed by atoms with Crippen molar-refractivity contribution in [3.8, 4) is 0 Å². The zero-order valence-electron chi connectivity index (χ0n) is 10.1. The van der Waals surface area contributed by atoms with E-state index in [4.69, 9.17) is 0 Å². The van der Waals surface area contributed by atoms with Gasteiger partial charge in [0.25, 0.3) is 0 Å². The van der Waals surface area contributed by atoms with Crippen LogP contribution in [0, 0.1) is 11.8 Å². The van der Waals surface area contributed by atoms with Crippen molar-refractivity contribution >= 4 is 0 Å². The van der Waals surface area contributed by atoms with Crippen molar-refractivity contribution in [2.45, 2.75) is 56.7 Å². The molecule has 0 aromatic heterocycles. The van der Waals surface area contributed by atoms with Gasteiger partial charge in [0.05, 0.1) is 5.92 Å². The summed E-state index contributed by atoms with van der Waals surface area (Å²) < 4.78 is 63.8. The van der Waals surface area contributed by atoms with Gasteiger partial charge >= 0.3 is 6.18 Å². The molecule has 0 bridgehead atoms. The van der Waals surface area contributed by atoms with Crippen LogP contribution in [0.5, 0.6) is 0 Å². The highest BCUT2D eigenvalue weighted by Crippen LogP contribution is 2.42. The Morgan fingerprint density at radius 2 is 1.89 bits per heavy atom. The van der Waals surface area contributed by atoms with Crippen LogP contribution in [-0.2, 0) is 0 Å². The third-order valence-electron chi connectivity index (χ3n) is 4.08. The molecular weight excluding hydrogens is 253 g/mol. The Morgan fingerprint density at radius 3 is 2.44 bits per heavy atom. The molecule has 1 aliphatic carbocycles. The quantitative estimate of drug-likeness (QED) is 0.754. The van der Waals surface area contributed by atoms with E-state index in [-0.39, 0.29) is 37.6 Å². The van der Waals surface area contributed by atoms with Crippen molar-refractivity contribution in [2.75, 3.05) is 6.54 Å². The van der Waals surface area contributed by atoms with E-state index in [1.807, 2.05) is 0 Å². The first-order valence-corrected chi connectivity index (χ1v) is 6.44. The Labute approximate surface area is 103 Å². The maximum Gasteiger partial charge on any atom is 0.391 e. The maximum atomic E-state index is 13.0. The van der Waals surface area contributed by atoms with E-state index in [2.05, 4.69) is 5.32 Å². The van der Waals surface area contributed by atoms with Crippen molar-refractivity contribution in [3.63, 3.8) is 0 Å². The normalized spacial score (nSPS) is 36.8. The van der Waals surface area contributed by atoms with Gasteiger partial charge in [-0.3, -0.25) is 0 Å². The fraction of sp³-hybridized carbons (Fsp3) is 1.00. The maximum absolute atomic E-state index is 13.0. The second-order valence-corrected chi connectivity index (χ2v) is 5.61. The Balaban J connectivity index is 1.83. The van der Waals surface area contributed by atoms with Crippen molar-refractivity contribution in [3.05, 3.63) is 0 Å². The Kier molecular flexibility index (Phi) is 3.85. The number of halogens is 5. The summed E-state index contributed by atoms with van der Waals surface area (Å²) in [6.07, 6.45) is -3.43. The summed E-state index contributed by atoms with van der Waals surface area (Å²) >= 11 is 0. The van der Waals surface area contributed by atoms with Gasteiger partial charge in [-0.2, -0.15) is 13.2 Å². The third-order valence-corrected chi connectivity index (χ3v) is 4.08. The molecule has 1 N–H and O–H groups in total. The Morgan fingerprint density at radius 1 is 1.17 bits per heavy atom. The van der Waals surface area contributed by atoms with Crippen molar-refractivity contribution in [2.24, 2.45) is 11.8 Å². The first kappa shape index (κ1) is 14.0. The van der Waals surface area contributed by atoms with Gasteiger partial charge in [-0.15, -0.1) is 0 Å². The first-order valence-electron chi connectivity index (χ1n) is 6.44. The predicted octanol–water partition coefficient (Wildman–Crippen LogP) is 3.74. The summed E-state index contributed by atoms with van der Waals surface area (Å²) in [5, 5.41) is 3.03. The van der Waals surface area contributed by atoms with E-state index in [9.17, 15) is 22.0 Å². The van der Waals surface area contributed by atoms with Crippen molar-refractivity contribution < 1.29 is 22.0 Å². The average Bonchev–Trinajstić information content (AvgIpc) is 2.57. The molecule has 1 heterocycles. The molecule has 2 fully saturated rings. The van der Waals surface area contributed by atoms with Crippen LogP contribution >= 0.6 is 0 Å². The predicted molar refractivity (Wildman–Crippen MR) is 57.5 cm³/mol. The molecular formula is C12H18F5N. The van der Waals surface area contributed by atoms with Crippen LogP contribution in [0.4, 0.5) is 22.0 Å². The second kappa shape index (κ2) is 4.94. The highest BCUT2D eigenvalue weighted by molar-refractivity contribution is 4.88. The number of alkyl halides is 5. The lowest BCUT2D eigenvalue weighted by atomic mass is 9.86. The molecule has 2 rings (SSSR count). The number of piperidine rings is 1. The van der Waals surface area contributed by atoms with Crippen LogP contribution in [0.15, 0.2) is 0 Å². The van der Waals surface area contributed by atoms with E-state index in [1.54, 1.807) is 0 Å². The van der Waals surface area contributed by atoms with Gasteiger partial charge in [-0.1, -0.05) is 0 Å². The van der Waals surface area contributed by atoms with Gasteiger partial charge in [0.2, 0.25) is 5.92 Å². The van der Waals surface area contributed by atoms with E-state index < -0.39 is 18.0 Å². The molecule has 0 spiro atoms. The molecule has 1 saturated heterocycles. The first-order chi connectivity index (χ1) is 8.26. The van der Waals surface area contributed by atoms with Crippen molar-refractivity contribution in [1.82, 2.24) is 5.32 Å². The SMILES string of the molecule is FC1(F)CCC(CC2CC(C(F)(F)F)CCN2)C1. The summed E-state index contributed by atoms with van der Waals surface area (Å²) in [7, 11) is 0. The summed E-state index contributed by atoms with van der Waals surface area (Å²) in [6, 6.07) is -0.260. The van der Waals surface area contributed by atoms with E-state index >= 15 is 0 Å². The van der Waals surface area contributed by atoms with Crippen LogP contribution in [0.2, 0.25) is 0 Å². The average molecular weight is 271 g/mol. The van der Waals surface area contributed by atoms with Crippen LogP contribution < -0.4 is 5.32 Å². The monoisotopic (exact) mass is 271 g/mol. The number of hydrogen-bond donors (Lipinski definition) is 1. The zero-order chi connectivity index (χ0) is 13.4. The van der Waals surface area contributed by atoms with Crippen molar-refractivity contribution in [1.29, 1.82) is 0 Å². The second-order valence-electron chi connectivity index (χ2n) is 5.61. The van der Waals surface area contributed by atoms with Gasteiger partial charge in [0, 0.05) is 18.9 Å². The zero-order valence-corrected chi connectivity index (χ0v) is 10.1. The lowest BCUT2D eigenvalue weighted by Crippen LogP contribution is -2.43. The van der Waals surface area contributed by atoms with Gasteiger partial charge in [0.15, 0.2) is 0 Å². The Hall–Kier alpha value is -0.390. The fourth-order valence-electron chi connectivity index (χ4n) is 3.13. The molecule has 1 saturated carbocycles. The molecule has 0 aromatic rings. The highest BCUT2D eigenvalue weighted by atomic mass is 19.4. The van der Waals surface area contributed by atoms with Gasteiger partial charge in [-0.25, -0.2) is 8.78 Å². The smallest absolute Gasteiger partial charge is 0.314 e.